The van der Waals surface area contributed by atoms with E-state index in [1.807, 2.05) is 0 Å². The van der Waals surface area contributed by atoms with Gasteiger partial charge in [-0.2, -0.15) is 5.10 Å². The van der Waals surface area contributed by atoms with Crippen LogP contribution < -0.4 is 19.6 Å². The van der Waals surface area contributed by atoms with Crippen molar-refractivity contribution in [2.24, 2.45) is 11.0 Å². The highest BCUT2D eigenvalue weighted by molar-refractivity contribution is 5.95. The molecule has 2 aromatic rings. The molecule has 1 N–H and O–H groups in total. The number of methoxy groups -OCH3 is 1. The topological polar surface area (TPSA) is 86.2 Å². The third kappa shape index (κ3) is 7.29. The maximum Gasteiger partial charge on any atom is 0.308 e. The van der Waals surface area contributed by atoms with Gasteiger partial charge in [-0.15, -0.1) is 0 Å². The summed E-state index contributed by atoms with van der Waals surface area (Å²) in [5.74, 6) is 1.24. The van der Waals surface area contributed by atoms with Gasteiger partial charge in [0.05, 0.1) is 19.9 Å². The zero-order valence-electron chi connectivity index (χ0n) is 17.1. The third-order valence-corrected chi connectivity index (χ3v) is 3.90. The van der Waals surface area contributed by atoms with Crippen LogP contribution in [0.25, 0.3) is 0 Å². The van der Waals surface area contributed by atoms with E-state index in [0.717, 1.165) is 12.2 Å². The standard InChI is InChI=1S/C22H26N2O5/c1-15(2)11-12-28-19-8-6-18(7-9-19)22(26)24-23-14-17-5-10-20(29-16(3)25)21(13-17)27-4/h5-10,13-15H,11-12H2,1-4H3,(H,24,26). The number of hydrogen-bond donors (Lipinski definition) is 1. The Morgan fingerprint density at radius 3 is 2.45 bits per heavy atom. The van der Waals surface area contributed by atoms with Crippen LogP contribution in [-0.2, 0) is 4.79 Å². The summed E-state index contributed by atoms with van der Waals surface area (Å²) in [6.07, 6.45) is 2.45. The summed E-state index contributed by atoms with van der Waals surface area (Å²) in [5, 5.41) is 3.96. The zero-order valence-corrected chi connectivity index (χ0v) is 17.1. The van der Waals surface area contributed by atoms with Crippen molar-refractivity contribution < 1.29 is 23.8 Å². The predicted octanol–water partition coefficient (Wildman–Crippen LogP) is 3.81. The molecule has 0 saturated carbocycles. The van der Waals surface area contributed by atoms with Gasteiger partial charge in [0.2, 0.25) is 0 Å². The Hall–Kier alpha value is -3.35. The molecule has 0 spiro atoms. The van der Waals surface area contributed by atoms with Gasteiger partial charge in [0.25, 0.3) is 5.91 Å². The Kier molecular flexibility index (Phi) is 8.21. The molecule has 0 radical (unpaired) electrons. The second-order valence-electron chi connectivity index (χ2n) is 6.76. The molecule has 0 unspecified atom stereocenters. The molecule has 0 aliphatic carbocycles. The van der Waals surface area contributed by atoms with Crippen molar-refractivity contribution in [1.82, 2.24) is 5.43 Å². The quantitative estimate of drug-likeness (QED) is 0.300. The van der Waals surface area contributed by atoms with E-state index in [1.54, 1.807) is 42.5 Å². The van der Waals surface area contributed by atoms with Crippen LogP contribution in [0.1, 0.15) is 43.1 Å². The first kappa shape index (κ1) is 21.9. The van der Waals surface area contributed by atoms with Gasteiger partial charge >= 0.3 is 5.97 Å². The van der Waals surface area contributed by atoms with Crippen LogP contribution in [0.2, 0.25) is 0 Å². The Balaban J connectivity index is 1.92. The molecule has 0 bridgehead atoms. The number of esters is 1. The molecular weight excluding hydrogens is 372 g/mol. The molecule has 7 heteroatoms. The summed E-state index contributed by atoms with van der Waals surface area (Å²) in [6.45, 7) is 6.24. The minimum atomic E-state index is -0.437. The zero-order chi connectivity index (χ0) is 21.2. The van der Waals surface area contributed by atoms with Crippen LogP contribution in [0, 0.1) is 5.92 Å². The van der Waals surface area contributed by atoms with Crippen molar-refractivity contribution >= 4 is 18.1 Å². The van der Waals surface area contributed by atoms with Crippen LogP contribution >= 0.6 is 0 Å². The van der Waals surface area contributed by atoms with Crippen molar-refractivity contribution in [1.29, 1.82) is 0 Å². The van der Waals surface area contributed by atoms with E-state index in [-0.39, 0.29) is 5.91 Å². The normalized spacial score (nSPS) is 10.8. The number of benzene rings is 2. The molecule has 0 fully saturated rings. The fourth-order valence-corrected chi connectivity index (χ4v) is 2.35. The first-order valence-corrected chi connectivity index (χ1v) is 9.31. The number of carbonyl (C=O) groups is 2. The maximum absolute atomic E-state index is 12.2. The number of nitrogens with one attached hydrogen (secondary N) is 1. The highest BCUT2D eigenvalue weighted by Gasteiger charge is 2.08. The number of amides is 1. The van der Waals surface area contributed by atoms with Gasteiger partial charge in [-0.25, -0.2) is 5.43 Å². The molecular formula is C22H26N2O5. The molecule has 0 saturated heterocycles. The third-order valence-electron chi connectivity index (χ3n) is 3.90. The second kappa shape index (κ2) is 10.8. The molecule has 2 rings (SSSR count). The van der Waals surface area contributed by atoms with Crippen molar-refractivity contribution in [3.05, 3.63) is 53.6 Å². The van der Waals surface area contributed by atoms with Crippen LogP contribution in [0.4, 0.5) is 0 Å². The lowest BCUT2D eigenvalue weighted by molar-refractivity contribution is -0.132. The minimum absolute atomic E-state index is 0.317. The first-order chi connectivity index (χ1) is 13.9. The number of ether oxygens (including phenoxy) is 3. The summed E-state index contributed by atoms with van der Waals surface area (Å²) in [7, 11) is 1.47. The van der Waals surface area contributed by atoms with Crippen molar-refractivity contribution in [2.45, 2.75) is 27.2 Å². The predicted molar refractivity (Wildman–Crippen MR) is 111 cm³/mol. The van der Waals surface area contributed by atoms with Gasteiger partial charge in [0, 0.05) is 12.5 Å². The van der Waals surface area contributed by atoms with Crippen LogP contribution in [0.3, 0.4) is 0 Å². The Bertz CT molecular complexity index is 860. The molecule has 0 aliphatic rings. The number of hydrogen-bond acceptors (Lipinski definition) is 6. The first-order valence-electron chi connectivity index (χ1n) is 9.31. The van der Waals surface area contributed by atoms with Crippen molar-refractivity contribution in [3.63, 3.8) is 0 Å². The smallest absolute Gasteiger partial charge is 0.308 e. The summed E-state index contributed by atoms with van der Waals surface area (Å²) >= 11 is 0. The van der Waals surface area contributed by atoms with E-state index < -0.39 is 5.97 Å². The molecule has 0 heterocycles. The molecule has 1 amide bonds. The molecule has 154 valence electrons. The van der Waals surface area contributed by atoms with E-state index in [1.165, 1.54) is 20.2 Å². The highest BCUT2D eigenvalue weighted by Crippen LogP contribution is 2.27. The lowest BCUT2D eigenvalue weighted by Gasteiger charge is -2.08. The highest BCUT2D eigenvalue weighted by atomic mass is 16.6. The van der Waals surface area contributed by atoms with Gasteiger partial charge in [0.1, 0.15) is 5.75 Å². The molecule has 0 atom stereocenters. The number of carbonyl (C=O) groups excluding carboxylic acids is 2. The van der Waals surface area contributed by atoms with E-state index in [0.29, 0.717) is 35.2 Å². The second-order valence-corrected chi connectivity index (χ2v) is 6.76. The molecule has 0 aromatic heterocycles. The molecule has 2 aromatic carbocycles. The molecule has 29 heavy (non-hydrogen) atoms. The lowest BCUT2D eigenvalue weighted by atomic mass is 10.1. The van der Waals surface area contributed by atoms with Crippen molar-refractivity contribution in [3.8, 4) is 17.2 Å². The Morgan fingerprint density at radius 2 is 1.83 bits per heavy atom. The van der Waals surface area contributed by atoms with E-state index in [9.17, 15) is 9.59 Å². The average molecular weight is 398 g/mol. The Labute approximate surface area is 170 Å². The molecule has 7 nitrogen and oxygen atoms in total. The SMILES string of the molecule is COc1cc(C=NNC(=O)c2ccc(OCCC(C)C)cc2)ccc1OC(C)=O. The maximum atomic E-state index is 12.2. The Morgan fingerprint density at radius 1 is 1.10 bits per heavy atom. The average Bonchev–Trinajstić information content (AvgIpc) is 2.68. The van der Waals surface area contributed by atoms with Crippen LogP contribution in [0.5, 0.6) is 17.2 Å². The molecule has 0 aliphatic heterocycles. The fraction of sp³-hybridized carbons (Fsp3) is 0.318. The monoisotopic (exact) mass is 398 g/mol. The van der Waals surface area contributed by atoms with Gasteiger partial charge in [0.15, 0.2) is 11.5 Å². The van der Waals surface area contributed by atoms with Crippen LogP contribution in [0.15, 0.2) is 47.6 Å². The summed E-state index contributed by atoms with van der Waals surface area (Å²) in [6, 6.07) is 11.8. The van der Waals surface area contributed by atoms with Gasteiger partial charge in [-0.05, 0) is 60.4 Å². The van der Waals surface area contributed by atoms with E-state index in [2.05, 4.69) is 24.4 Å². The number of nitrogens with zero attached hydrogens (tertiary/aromatic N) is 1. The van der Waals surface area contributed by atoms with Crippen molar-refractivity contribution in [2.75, 3.05) is 13.7 Å². The van der Waals surface area contributed by atoms with Gasteiger partial charge < -0.3 is 14.2 Å². The minimum Gasteiger partial charge on any atom is -0.494 e. The number of hydrazone groups is 1. The summed E-state index contributed by atoms with van der Waals surface area (Å²) in [5.41, 5.74) is 3.62. The van der Waals surface area contributed by atoms with Gasteiger partial charge in [-0.1, -0.05) is 13.8 Å². The van der Waals surface area contributed by atoms with E-state index >= 15 is 0 Å². The summed E-state index contributed by atoms with van der Waals surface area (Å²) < 4.78 is 15.9. The summed E-state index contributed by atoms with van der Waals surface area (Å²) in [4.78, 5) is 23.3. The number of rotatable bonds is 9. The lowest BCUT2D eigenvalue weighted by Crippen LogP contribution is -2.17. The van der Waals surface area contributed by atoms with Crippen LogP contribution in [-0.4, -0.2) is 31.8 Å². The largest absolute Gasteiger partial charge is 0.494 e. The van der Waals surface area contributed by atoms with E-state index in [4.69, 9.17) is 14.2 Å². The van der Waals surface area contributed by atoms with Gasteiger partial charge in [-0.3, -0.25) is 9.59 Å². The fourth-order valence-electron chi connectivity index (χ4n) is 2.35.